The molecule has 0 fully saturated rings. The van der Waals surface area contributed by atoms with E-state index in [2.05, 4.69) is 10.5 Å². The highest BCUT2D eigenvalue weighted by atomic mass is 35.5. The van der Waals surface area contributed by atoms with Crippen LogP contribution in [0.5, 0.6) is 0 Å². The molecule has 0 bridgehead atoms. The highest BCUT2D eigenvalue weighted by Gasteiger charge is 2.18. The van der Waals surface area contributed by atoms with E-state index in [1.54, 1.807) is 50.1 Å². The molecule has 26 heavy (non-hydrogen) atoms. The number of aromatic nitrogens is 2. The predicted molar refractivity (Wildman–Crippen MR) is 106 cm³/mol. The van der Waals surface area contributed by atoms with Crippen LogP contribution in [0.2, 0.25) is 10.0 Å². The molecule has 1 heterocycles. The Morgan fingerprint density at radius 2 is 1.27 bits per heavy atom. The van der Waals surface area contributed by atoms with Crippen LogP contribution in [0.15, 0.2) is 58.4 Å². The van der Waals surface area contributed by atoms with Gasteiger partial charge in [-0.1, -0.05) is 47.5 Å². The summed E-state index contributed by atoms with van der Waals surface area (Å²) in [6.07, 6.45) is 0. The average molecular weight is 389 g/mol. The third kappa shape index (κ3) is 3.28. The Hall–Kier alpha value is -2.50. The Bertz CT molecular complexity index is 1060. The molecule has 3 rings (SSSR count). The van der Waals surface area contributed by atoms with Gasteiger partial charge in [0.05, 0.1) is 5.56 Å². The van der Waals surface area contributed by atoms with Crippen molar-refractivity contribution in [2.45, 2.75) is 0 Å². The lowest BCUT2D eigenvalue weighted by molar-refractivity contribution is 0.521. The number of nitrogens with one attached hydrogen (secondary N) is 1. The lowest BCUT2D eigenvalue weighted by Gasteiger charge is -2.17. The van der Waals surface area contributed by atoms with Crippen molar-refractivity contribution in [2.75, 3.05) is 7.05 Å². The highest BCUT2D eigenvalue weighted by Crippen LogP contribution is 2.28. The van der Waals surface area contributed by atoms with Crippen LogP contribution in [-0.2, 0) is 14.1 Å². The van der Waals surface area contributed by atoms with Crippen LogP contribution in [0.25, 0.3) is 22.3 Å². The van der Waals surface area contributed by atoms with Crippen LogP contribution in [0.4, 0.5) is 0 Å². The fourth-order valence-electron chi connectivity index (χ4n) is 2.83. The molecule has 0 aliphatic carbocycles. The molecule has 1 N–H and O–H groups in total. The average Bonchev–Trinajstić information content (AvgIpc) is 2.64. The largest absolute Gasteiger partial charge is 0.311 e. The summed E-state index contributed by atoms with van der Waals surface area (Å²) in [4.78, 5) is 13.1. The van der Waals surface area contributed by atoms with Crippen molar-refractivity contribution in [3.8, 4) is 22.3 Å². The first-order valence-corrected chi connectivity index (χ1v) is 8.72. The van der Waals surface area contributed by atoms with Crippen molar-refractivity contribution in [2.24, 2.45) is 19.2 Å². The summed E-state index contributed by atoms with van der Waals surface area (Å²) in [5.41, 5.74) is 6.22. The van der Waals surface area contributed by atoms with E-state index in [0.29, 0.717) is 21.1 Å². The third-order valence-electron chi connectivity index (χ3n) is 4.22. The van der Waals surface area contributed by atoms with Gasteiger partial charge in [0.25, 0.3) is 5.56 Å². The molecule has 0 aliphatic rings. The maximum absolute atomic E-state index is 13.1. The summed E-state index contributed by atoms with van der Waals surface area (Å²) in [7, 11) is 5.23. The number of hydrogen-bond donors (Lipinski definition) is 1. The molecule has 0 saturated carbocycles. The van der Waals surface area contributed by atoms with Crippen LogP contribution in [0.3, 0.4) is 0 Å². The van der Waals surface area contributed by atoms with Gasteiger partial charge in [0.1, 0.15) is 0 Å². The molecule has 0 spiro atoms. The molecule has 0 unspecified atom stereocenters. The van der Waals surface area contributed by atoms with Gasteiger partial charge in [-0.25, -0.2) is 0 Å². The van der Waals surface area contributed by atoms with Crippen LogP contribution >= 0.6 is 23.2 Å². The molecule has 1 aromatic heterocycles. The van der Waals surface area contributed by atoms with Crippen molar-refractivity contribution in [3.05, 3.63) is 74.4 Å². The quantitative estimate of drug-likeness (QED) is 0.699. The molecule has 0 radical (unpaired) electrons. The van der Waals surface area contributed by atoms with Gasteiger partial charge in [0.2, 0.25) is 0 Å². The molecular weight excluding hydrogens is 371 g/mol. The molecule has 0 amide bonds. The molecule has 3 aromatic rings. The molecular formula is C19H18Cl2N4O. The second-order valence-electron chi connectivity index (χ2n) is 5.78. The molecule has 0 atom stereocenters. The van der Waals surface area contributed by atoms with Crippen molar-refractivity contribution >= 4 is 23.2 Å². The molecule has 7 heteroatoms. The van der Waals surface area contributed by atoms with Gasteiger partial charge in [-0.05, 0) is 35.4 Å². The summed E-state index contributed by atoms with van der Waals surface area (Å²) in [6.45, 7) is 0. The smallest absolute Gasteiger partial charge is 0.273 e. The Morgan fingerprint density at radius 1 is 0.808 bits per heavy atom. The van der Waals surface area contributed by atoms with Gasteiger partial charge in [-0.2, -0.15) is 5.10 Å². The first-order chi connectivity index (χ1) is 12.4. The van der Waals surface area contributed by atoms with E-state index in [-0.39, 0.29) is 5.56 Å². The van der Waals surface area contributed by atoms with Gasteiger partial charge in [-0.15, -0.1) is 0 Å². The van der Waals surface area contributed by atoms with Crippen LogP contribution < -0.4 is 16.5 Å². The molecule has 134 valence electrons. The fraction of sp³-hybridized carbons (Fsp3) is 0.158. The van der Waals surface area contributed by atoms with E-state index >= 15 is 0 Å². The zero-order valence-electron chi connectivity index (χ0n) is 14.6. The Morgan fingerprint density at radius 3 is 1.73 bits per heavy atom. The highest BCUT2D eigenvalue weighted by molar-refractivity contribution is 6.31. The Labute approximate surface area is 161 Å². The second kappa shape index (κ2) is 7.40. The minimum atomic E-state index is -0.130. The Kier molecular flexibility index (Phi) is 5.20. The maximum atomic E-state index is 13.1. The van der Waals surface area contributed by atoms with Crippen LogP contribution in [-0.4, -0.2) is 16.4 Å². The van der Waals surface area contributed by atoms with E-state index in [9.17, 15) is 4.79 Å². The number of nitrogens with zero attached hydrogens (tertiary/aromatic N) is 3. The maximum Gasteiger partial charge on any atom is 0.273 e. The molecule has 0 saturated heterocycles. The van der Waals surface area contributed by atoms with Crippen molar-refractivity contribution in [1.82, 2.24) is 14.8 Å². The lowest BCUT2D eigenvalue weighted by Crippen LogP contribution is -2.39. The number of benzene rings is 2. The van der Waals surface area contributed by atoms with E-state index in [1.807, 2.05) is 24.3 Å². The van der Waals surface area contributed by atoms with Crippen molar-refractivity contribution < 1.29 is 0 Å². The summed E-state index contributed by atoms with van der Waals surface area (Å²) in [5, 5.41) is 5.64. The first-order valence-electron chi connectivity index (χ1n) is 7.96. The van der Waals surface area contributed by atoms with Gasteiger partial charge < -0.3 is 5.43 Å². The zero-order valence-corrected chi connectivity index (χ0v) is 16.1. The zero-order chi connectivity index (χ0) is 18.8. The van der Waals surface area contributed by atoms with Gasteiger partial charge in [0.15, 0.2) is 5.49 Å². The predicted octanol–water partition coefficient (Wildman–Crippen LogP) is 3.40. The first kappa shape index (κ1) is 18.3. The number of hydrogen-bond acceptors (Lipinski definition) is 3. The topological polar surface area (TPSA) is 51.3 Å². The summed E-state index contributed by atoms with van der Waals surface area (Å²) < 4.78 is 3.24. The fourth-order valence-corrected chi connectivity index (χ4v) is 3.08. The SMILES string of the molecule is CN/N=c1/c(-c2ccc(Cl)cc2)c(-c2ccc(Cl)cc2)c(=O)n(C)n1C. The molecule has 2 aromatic carbocycles. The third-order valence-corrected chi connectivity index (χ3v) is 4.73. The van der Waals surface area contributed by atoms with Crippen LogP contribution in [0, 0.1) is 0 Å². The second-order valence-corrected chi connectivity index (χ2v) is 6.65. The summed E-state index contributed by atoms with van der Waals surface area (Å²) >= 11 is 12.1. The number of rotatable bonds is 3. The van der Waals surface area contributed by atoms with Crippen molar-refractivity contribution in [1.29, 1.82) is 0 Å². The normalized spacial score (nSPS) is 11.7. The van der Waals surface area contributed by atoms with Crippen LogP contribution in [0.1, 0.15) is 0 Å². The molecule has 5 nitrogen and oxygen atoms in total. The summed E-state index contributed by atoms with van der Waals surface area (Å²) in [5.74, 6) is 0. The Balaban J connectivity index is 2.49. The minimum absolute atomic E-state index is 0.130. The minimum Gasteiger partial charge on any atom is -0.311 e. The van der Waals surface area contributed by atoms with E-state index in [0.717, 1.165) is 16.7 Å². The lowest BCUT2D eigenvalue weighted by atomic mass is 9.97. The van der Waals surface area contributed by atoms with Gasteiger partial charge in [0, 0.05) is 36.8 Å². The standard InChI is InChI=1S/C19H18Cl2N4O/c1-22-23-18-16(12-4-8-14(20)9-5-12)17(19(26)25(3)24(18)2)13-6-10-15(21)11-7-13/h4-11,22H,1-3H3/b23-18-. The van der Waals surface area contributed by atoms with Crippen molar-refractivity contribution in [3.63, 3.8) is 0 Å². The number of halogens is 2. The van der Waals surface area contributed by atoms with E-state index in [4.69, 9.17) is 23.2 Å². The summed E-state index contributed by atoms with van der Waals surface area (Å²) in [6, 6.07) is 14.6. The van der Waals surface area contributed by atoms with E-state index < -0.39 is 0 Å². The van der Waals surface area contributed by atoms with E-state index in [1.165, 1.54) is 4.68 Å². The van der Waals surface area contributed by atoms with Gasteiger partial charge in [-0.3, -0.25) is 14.2 Å². The monoisotopic (exact) mass is 388 g/mol. The molecule has 0 aliphatic heterocycles. The van der Waals surface area contributed by atoms with Gasteiger partial charge >= 0.3 is 0 Å².